The van der Waals surface area contributed by atoms with Crippen LogP contribution in [0.2, 0.25) is 5.02 Å². The molecular formula is C14H8ClFN2OS. The Morgan fingerprint density at radius 1 is 1.15 bits per heavy atom. The van der Waals surface area contributed by atoms with Gasteiger partial charge in [0.15, 0.2) is 10.6 Å². The largest absolute Gasteiger partial charge is 0.331 e. The molecule has 6 heteroatoms. The number of para-hydroxylation sites is 1. The second kappa shape index (κ2) is 4.85. The molecule has 2 aromatic carbocycles. The fourth-order valence-electron chi connectivity index (χ4n) is 2.05. The maximum absolute atomic E-state index is 14.1. The number of hydrogen-bond donors (Lipinski definition) is 1. The molecule has 3 nitrogen and oxygen atoms in total. The summed E-state index contributed by atoms with van der Waals surface area (Å²) in [5.74, 6) is -0.675. The smallest absolute Gasteiger partial charge is 0.266 e. The highest BCUT2D eigenvalue weighted by Gasteiger charge is 2.13. The lowest BCUT2D eigenvalue weighted by Gasteiger charge is -2.09. The molecule has 0 saturated heterocycles. The van der Waals surface area contributed by atoms with Crippen LogP contribution in [0.15, 0.2) is 47.3 Å². The lowest BCUT2D eigenvalue weighted by Crippen LogP contribution is -2.21. The van der Waals surface area contributed by atoms with Crippen LogP contribution < -0.4 is 5.56 Å². The van der Waals surface area contributed by atoms with E-state index in [0.717, 1.165) is 4.57 Å². The van der Waals surface area contributed by atoms with Crippen LogP contribution >= 0.6 is 23.8 Å². The molecule has 3 aromatic rings. The Morgan fingerprint density at radius 2 is 1.90 bits per heavy atom. The fraction of sp³-hybridized carbons (Fsp3) is 0. The second-order valence-corrected chi connectivity index (χ2v) is 4.98. The van der Waals surface area contributed by atoms with E-state index in [1.807, 2.05) is 0 Å². The summed E-state index contributed by atoms with van der Waals surface area (Å²) in [5, 5.41) is 0.373. The number of hydrogen-bond acceptors (Lipinski definition) is 2. The Morgan fingerprint density at radius 3 is 2.70 bits per heavy atom. The molecule has 0 bridgehead atoms. The third-order valence-electron chi connectivity index (χ3n) is 2.98. The van der Waals surface area contributed by atoms with Crippen LogP contribution in [-0.2, 0) is 0 Å². The van der Waals surface area contributed by atoms with E-state index in [1.165, 1.54) is 12.1 Å². The number of aromatic nitrogens is 2. The summed E-state index contributed by atoms with van der Waals surface area (Å²) in [4.78, 5) is 15.4. The molecule has 1 aromatic heterocycles. The van der Waals surface area contributed by atoms with Gasteiger partial charge in [-0.1, -0.05) is 29.8 Å². The van der Waals surface area contributed by atoms with Crippen molar-refractivity contribution in [2.45, 2.75) is 0 Å². The van der Waals surface area contributed by atoms with Crippen molar-refractivity contribution in [1.82, 2.24) is 9.55 Å². The highest BCUT2D eigenvalue weighted by Crippen LogP contribution is 2.21. The van der Waals surface area contributed by atoms with Gasteiger partial charge >= 0.3 is 0 Å². The summed E-state index contributed by atoms with van der Waals surface area (Å²) in [5.41, 5.74) is 0.265. The van der Waals surface area contributed by atoms with Gasteiger partial charge in [0.05, 0.1) is 21.6 Å². The minimum atomic E-state index is -0.675. The first-order valence-electron chi connectivity index (χ1n) is 5.78. The van der Waals surface area contributed by atoms with Gasteiger partial charge in [0.1, 0.15) is 0 Å². The standard InChI is InChI=1S/C14H8ClFN2OS/c15-9-5-3-7-11(12(9)16)18-13(19)8-4-1-2-6-10(8)17-14(18)20/h1-7H,(H,17,20). The average Bonchev–Trinajstić information content (AvgIpc) is 2.43. The zero-order valence-electron chi connectivity index (χ0n) is 10.1. The third kappa shape index (κ3) is 1.95. The highest BCUT2D eigenvalue weighted by atomic mass is 35.5. The van der Waals surface area contributed by atoms with Gasteiger partial charge in [0.2, 0.25) is 0 Å². The molecule has 100 valence electrons. The van der Waals surface area contributed by atoms with Gasteiger partial charge in [0, 0.05) is 0 Å². The SMILES string of the molecule is O=c1c2ccccc2[nH]c(=S)n1-c1cccc(Cl)c1F. The highest BCUT2D eigenvalue weighted by molar-refractivity contribution is 7.71. The van der Waals surface area contributed by atoms with Crippen molar-refractivity contribution in [2.24, 2.45) is 0 Å². The van der Waals surface area contributed by atoms with E-state index in [2.05, 4.69) is 4.98 Å². The molecule has 0 radical (unpaired) electrons. The first kappa shape index (κ1) is 13.0. The molecule has 0 aliphatic rings. The molecule has 3 rings (SSSR count). The second-order valence-electron chi connectivity index (χ2n) is 4.19. The summed E-state index contributed by atoms with van der Waals surface area (Å²) < 4.78 is 15.3. The lowest BCUT2D eigenvalue weighted by atomic mass is 10.2. The predicted octanol–water partition coefficient (Wildman–Crippen LogP) is 3.84. The molecular weight excluding hydrogens is 299 g/mol. The van der Waals surface area contributed by atoms with E-state index < -0.39 is 5.82 Å². The molecule has 0 aliphatic carbocycles. The number of nitrogens with zero attached hydrogens (tertiary/aromatic N) is 1. The molecule has 1 N–H and O–H groups in total. The molecule has 20 heavy (non-hydrogen) atoms. The molecule has 0 spiro atoms. The Bertz CT molecular complexity index is 932. The summed E-state index contributed by atoms with van der Waals surface area (Å²) in [6.07, 6.45) is 0. The monoisotopic (exact) mass is 306 g/mol. The van der Waals surface area contributed by atoms with E-state index in [0.29, 0.717) is 10.9 Å². The summed E-state index contributed by atoms with van der Waals surface area (Å²) in [6, 6.07) is 11.4. The topological polar surface area (TPSA) is 37.8 Å². The van der Waals surface area contributed by atoms with E-state index in [1.54, 1.807) is 30.3 Å². The van der Waals surface area contributed by atoms with Gasteiger partial charge in [-0.05, 0) is 36.5 Å². The fourth-order valence-corrected chi connectivity index (χ4v) is 2.51. The van der Waals surface area contributed by atoms with Crippen LogP contribution in [0.1, 0.15) is 0 Å². The Hall–Kier alpha value is -1.98. The van der Waals surface area contributed by atoms with Gasteiger partial charge in [-0.15, -0.1) is 0 Å². The molecule has 1 heterocycles. The Labute approximate surface area is 123 Å². The minimum absolute atomic E-state index is 0.0366. The van der Waals surface area contributed by atoms with Crippen molar-refractivity contribution in [3.8, 4) is 5.69 Å². The van der Waals surface area contributed by atoms with Crippen molar-refractivity contribution >= 4 is 34.7 Å². The van der Waals surface area contributed by atoms with Crippen molar-refractivity contribution in [1.29, 1.82) is 0 Å². The maximum atomic E-state index is 14.1. The molecule has 0 atom stereocenters. The van der Waals surface area contributed by atoms with E-state index in [-0.39, 0.29) is 21.0 Å². The van der Waals surface area contributed by atoms with Gasteiger partial charge in [-0.3, -0.25) is 4.79 Å². The van der Waals surface area contributed by atoms with Crippen LogP contribution in [0.4, 0.5) is 4.39 Å². The molecule has 0 unspecified atom stereocenters. The zero-order valence-corrected chi connectivity index (χ0v) is 11.6. The quantitative estimate of drug-likeness (QED) is 0.694. The minimum Gasteiger partial charge on any atom is -0.331 e. The van der Waals surface area contributed by atoms with Gasteiger partial charge < -0.3 is 4.98 Å². The lowest BCUT2D eigenvalue weighted by molar-refractivity contribution is 0.615. The van der Waals surface area contributed by atoms with Crippen LogP contribution in [-0.4, -0.2) is 9.55 Å². The van der Waals surface area contributed by atoms with Crippen molar-refractivity contribution < 1.29 is 4.39 Å². The number of benzene rings is 2. The maximum Gasteiger partial charge on any atom is 0.266 e. The summed E-state index contributed by atoms with van der Waals surface area (Å²) in [6.45, 7) is 0. The summed E-state index contributed by atoms with van der Waals surface area (Å²) >= 11 is 10.9. The number of H-pyrrole nitrogens is 1. The van der Waals surface area contributed by atoms with E-state index in [4.69, 9.17) is 23.8 Å². The third-order valence-corrected chi connectivity index (χ3v) is 3.55. The van der Waals surface area contributed by atoms with Gasteiger partial charge in [-0.2, -0.15) is 0 Å². The average molecular weight is 307 g/mol. The van der Waals surface area contributed by atoms with Crippen molar-refractivity contribution in [3.63, 3.8) is 0 Å². The zero-order chi connectivity index (χ0) is 14.3. The van der Waals surface area contributed by atoms with Crippen LogP contribution in [0, 0.1) is 10.6 Å². The molecule has 0 amide bonds. The number of halogens is 2. The van der Waals surface area contributed by atoms with Crippen molar-refractivity contribution in [3.05, 3.63) is 68.4 Å². The van der Waals surface area contributed by atoms with E-state index >= 15 is 0 Å². The van der Waals surface area contributed by atoms with Crippen LogP contribution in [0.5, 0.6) is 0 Å². The van der Waals surface area contributed by atoms with Gasteiger partial charge in [0.25, 0.3) is 5.56 Å². The first-order valence-corrected chi connectivity index (χ1v) is 6.56. The van der Waals surface area contributed by atoms with Crippen LogP contribution in [0.25, 0.3) is 16.6 Å². The van der Waals surface area contributed by atoms with Gasteiger partial charge in [-0.25, -0.2) is 8.96 Å². The van der Waals surface area contributed by atoms with E-state index in [9.17, 15) is 9.18 Å². The number of aromatic amines is 1. The predicted molar refractivity (Wildman–Crippen MR) is 79.7 cm³/mol. The number of rotatable bonds is 1. The number of fused-ring (bicyclic) bond motifs is 1. The Kier molecular flexibility index (Phi) is 3.16. The molecule has 0 aliphatic heterocycles. The normalized spacial score (nSPS) is 10.9. The molecule has 0 fully saturated rings. The Balaban J connectivity index is 2.46. The molecule has 0 saturated carbocycles. The number of nitrogens with one attached hydrogen (secondary N) is 1. The van der Waals surface area contributed by atoms with Crippen LogP contribution in [0.3, 0.4) is 0 Å². The first-order chi connectivity index (χ1) is 9.59. The van der Waals surface area contributed by atoms with Crippen molar-refractivity contribution in [2.75, 3.05) is 0 Å². The summed E-state index contributed by atoms with van der Waals surface area (Å²) in [7, 11) is 0.